The maximum atomic E-state index is 6.14. The maximum Gasteiger partial charge on any atom is 0.166 e. The van der Waals surface area contributed by atoms with E-state index in [1.807, 2.05) is 48.5 Å². The van der Waals surface area contributed by atoms with Gasteiger partial charge >= 0.3 is 0 Å². The summed E-state index contributed by atoms with van der Waals surface area (Å²) in [6.45, 7) is 5.11. The van der Waals surface area contributed by atoms with Crippen molar-refractivity contribution in [1.82, 2.24) is 0 Å². The molecule has 2 aliphatic heterocycles. The molecule has 0 N–H and O–H groups in total. The van der Waals surface area contributed by atoms with Gasteiger partial charge in [0, 0.05) is 29.0 Å². The summed E-state index contributed by atoms with van der Waals surface area (Å²) >= 11 is 0. The molecule has 2 heterocycles. The topological polar surface area (TPSA) is 61.6 Å². The minimum absolute atomic E-state index is 0.137. The highest BCUT2D eigenvalue weighted by Gasteiger charge is 2.41. The number of hydrogen-bond acceptors (Lipinski definition) is 6. The first kappa shape index (κ1) is 23.3. The molecule has 0 aliphatic carbocycles. The van der Waals surface area contributed by atoms with E-state index in [0.717, 1.165) is 44.5 Å². The van der Waals surface area contributed by atoms with Crippen molar-refractivity contribution in [1.29, 1.82) is 0 Å². The molecule has 6 rings (SSSR count). The van der Waals surface area contributed by atoms with Crippen LogP contribution in [0.15, 0.2) is 95.2 Å². The minimum atomic E-state index is -0.373. The molecule has 4 aromatic rings. The zero-order valence-corrected chi connectivity index (χ0v) is 21.1. The van der Waals surface area contributed by atoms with Crippen LogP contribution in [-0.2, 0) is 9.68 Å². The van der Waals surface area contributed by atoms with Crippen molar-refractivity contribution < 1.29 is 19.1 Å². The van der Waals surface area contributed by atoms with Crippen molar-refractivity contribution >= 4 is 33.0 Å². The predicted molar refractivity (Wildman–Crippen MR) is 147 cm³/mol. The molecule has 37 heavy (non-hydrogen) atoms. The van der Waals surface area contributed by atoms with Crippen molar-refractivity contribution in [2.45, 2.75) is 38.9 Å². The quantitative estimate of drug-likeness (QED) is 0.271. The van der Waals surface area contributed by atoms with Crippen molar-refractivity contribution in [3.8, 4) is 11.5 Å². The van der Waals surface area contributed by atoms with Gasteiger partial charge in [-0.15, -0.1) is 0 Å². The van der Waals surface area contributed by atoms with Gasteiger partial charge in [-0.2, -0.15) is 0 Å². The monoisotopic (exact) mass is 494 g/mol. The number of oxime groups is 2. The summed E-state index contributed by atoms with van der Waals surface area (Å²) in [5.74, 6) is 1.72. The van der Waals surface area contributed by atoms with E-state index in [2.05, 4.69) is 60.6 Å². The van der Waals surface area contributed by atoms with Gasteiger partial charge in [-0.25, -0.2) is 0 Å². The number of nitrogens with zero attached hydrogens (tertiary/aromatic N) is 2. The van der Waals surface area contributed by atoms with Crippen LogP contribution >= 0.6 is 0 Å². The molecular weight excluding hydrogens is 464 g/mol. The van der Waals surface area contributed by atoms with Crippen molar-refractivity contribution in [3.63, 3.8) is 0 Å². The zero-order chi connectivity index (χ0) is 25.2. The molecular formula is C31H30N2O4. The number of fused-ring (bicyclic) bond motifs is 2. The number of benzene rings is 4. The Hall–Kier alpha value is -4.06. The summed E-state index contributed by atoms with van der Waals surface area (Å²) in [4.78, 5) is 11.5. The van der Waals surface area contributed by atoms with Crippen LogP contribution in [0.25, 0.3) is 21.5 Å². The van der Waals surface area contributed by atoms with E-state index in [9.17, 15) is 0 Å². The van der Waals surface area contributed by atoms with Gasteiger partial charge < -0.3 is 19.1 Å². The zero-order valence-electron chi connectivity index (χ0n) is 21.1. The fourth-order valence-corrected chi connectivity index (χ4v) is 4.95. The lowest BCUT2D eigenvalue weighted by Gasteiger charge is -2.23. The first-order valence-electron chi connectivity index (χ1n) is 12.8. The Balaban J connectivity index is 1.03. The van der Waals surface area contributed by atoms with Gasteiger partial charge in [-0.05, 0) is 36.8 Å². The standard InChI is InChI=1S/C31H30N2O4/c1-31(2,29-17-23(36-32-29)19-34-27-15-7-11-21-9-3-5-13-25(21)27)30-18-24(37-33-30)20-35-28-16-8-12-22-10-4-6-14-26(22)28/h3-16,23-24H,17-20H2,1-2H3/t23-,24-/m1/s1. The average Bonchev–Trinajstić information content (AvgIpc) is 3.62. The SMILES string of the molecule is CC(C)(C1=NO[C@@H](COc2cccc3ccccc23)C1)C1=NO[C@@H](COc2cccc3ccccc23)C1. The lowest BCUT2D eigenvalue weighted by molar-refractivity contribution is 0.0475. The smallest absolute Gasteiger partial charge is 0.166 e. The Morgan fingerprint density at radius 3 is 1.57 bits per heavy atom. The Kier molecular flexibility index (Phi) is 6.16. The van der Waals surface area contributed by atoms with E-state index in [0.29, 0.717) is 26.1 Å². The fourth-order valence-electron chi connectivity index (χ4n) is 4.95. The predicted octanol–water partition coefficient (Wildman–Crippen LogP) is 6.77. The molecule has 0 unspecified atom stereocenters. The second-order valence-electron chi connectivity index (χ2n) is 10.1. The number of hydrogen-bond donors (Lipinski definition) is 0. The lowest BCUT2D eigenvalue weighted by atomic mass is 9.78. The van der Waals surface area contributed by atoms with Crippen LogP contribution in [0.4, 0.5) is 0 Å². The molecule has 0 radical (unpaired) electrons. The third-order valence-corrected chi connectivity index (χ3v) is 7.26. The second-order valence-corrected chi connectivity index (χ2v) is 10.1. The summed E-state index contributed by atoms with van der Waals surface area (Å²) in [5, 5.41) is 13.4. The van der Waals surface area contributed by atoms with Crippen molar-refractivity contribution in [3.05, 3.63) is 84.9 Å². The Bertz CT molecular complexity index is 1370. The van der Waals surface area contributed by atoms with Crippen molar-refractivity contribution in [2.75, 3.05) is 13.2 Å². The number of ether oxygens (including phenoxy) is 2. The highest BCUT2D eigenvalue weighted by molar-refractivity contribution is 6.11. The summed E-state index contributed by atoms with van der Waals surface area (Å²) in [6, 6.07) is 28.6. The van der Waals surface area contributed by atoms with Crippen LogP contribution in [0.2, 0.25) is 0 Å². The van der Waals surface area contributed by atoms with Gasteiger partial charge in [0.1, 0.15) is 24.7 Å². The van der Waals surface area contributed by atoms with Gasteiger partial charge in [-0.3, -0.25) is 0 Å². The molecule has 4 aromatic carbocycles. The molecule has 0 saturated heterocycles. The third-order valence-electron chi connectivity index (χ3n) is 7.26. The highest BCUT2D eigenvalue weighted by Crippen LogP contribution is 2.34. The third kappa shape index (κ3) is 4.71. The second kappa shape index (κ2) is 9.77. The number of rotatable bonds is 8. The van der Waals surface area contributed by atoms with E-state index in [-0.39, 0.29) is 17.6 Å². The molecule has 0 amide bonds. The van der Waals surface area contributed by atoms with Crippen LogP contribution in [0.5, 0.6) is 11.5 Å². The molecule has 0 aromatic heterocycles. The molecule has 0 bridgehead atoms. The minimum Gasteiger partial charge on any atom is -0.489 e. The normalized spacial score (nSPS) is 19.3. The molecule has 188 valence electrons. The lowest BCUT2D eigenvalue weighted by Crippen LogP contribution is -2.34. The molecule has 2 aliphatic rings. The first-order chi connectivity index (χ1) is 18.1. The van der Waals surface area contributed by atoms with E-state index < -0.39 is 0 Å². The van der Waals surface area contributed by atoms with E-state index in [1.165, 1.54) is 0 Å². The van der Waals surface area contributed by atoms with E-state index >= 15 is 0 Å². The largest absolute Gasteiger partial charge is 0.489 e. The summed E-state index contributed by atoms with van der Waals surface area (Å²) in [7, 11) is 0. The van der Waals surface area contributed by atoms with Gasteiger partial charge in [0.2, 0.25) is 0 Å². The average molecular weight is 495 g/mol. The van der Waals surface area contributed by atoms with Gasteiger partial charge in [-0.1, -0.05) is 83.1 Å². The van der Waals surface area contributed by atoms with Crippen LogP contribution in [0.3, 0.4) is 0 Å². The van der Waals surface area contributed by atoms with Crippen molar-refractivity contribution in [2.24, 2.45) is 15.7 Å². The van der Waals surface area contributed by atoms with E-state index in [4.69, 9.17) is 19.1 Å². The Labute approximate surface area is 216 Å². The molecule has 0 spiro atoms. The van der Waals surface area contributed by atoms with Crippen LogP contribution in [0.1, 0.15) is 26.7 Å². The molecule has 0 fully saturated rings. The Morgan fingerprint density at radius 2 is 1.08 bits per heavy atom. The molecule has 0 saturated carbocycles. The van der Waals surface area contributed by atoms with Crippen LogP contribution < -0.4 is 9.47 Å². The van der Waals surface area contributed by atoms with Gasteiger partial charge in [0.25, 0.3) is 0 Å². The Morgan fingerprint density at radius 1 is 0.649 bits per heavy atom. The highest BCUT2D eigenvalue weighted by atomic mass is 16.7. The molecule has 6 heteroatoms. The molecule has 2 atom stereocenters. The maximum absolute atomic E-state index is 6.14. The van der Waals surface area contributed by atoms with Crippen LogP contribution in [0, 0.1) is 5.41 Å². The van der Waals surface area contributed by atoms with E-state index in [1.54, 1.807) is 0 Å². The first-order valence-corrected chi connectivity index (χ1v) is 12.8. The van der Waals surface area contributed by atoms with Crippen LogP contribution in [-0.4, -0.2) is 36.8 Å². The van der Waals surface area contributed by atoms with Gasteiger partial charge in [0.15, 0.2) is 12.2 Å². The fraction of sp³-hybridized carbons (Fsp3) is 0.290. The summed E-state index contributed by atoms with van der Waals surface area (Å²) in [5.41, 5.74) is 1.54. The van der Waals surface area contributed by atoms with Gasteiger partial charge in [0.05, 0.1) is 11.4 Å². The summed E-state index contributed by atoms with van der Waals surface area (Å²) < 4.78 is 12.3. The summed E-state index contributed by atoms with van der Waals surface area (Å²) in [6.07, 6.45) is 1.10. The molecule has 6 nitrogen and oxygen atoms in total.